The highest BCUT2D eigenvalue weighted by atomic mass is 16.6. The molecule has 1 aromatic rings. The summed E-state index contributed by atoms with van der Waals surface area (Å²) in [6, 6.07) is 8.75. The lowest BCUT2D eigenvalue weighted by molar-refractivity contribution is -0.150. The Labute approximate surface area is 199 Å². The normalized spacial score (nSPS) is 17.9. The van der Waals surface area contributed by atoms with Gasteiger partial charge in [0.2, 0.25) is 0 Å². The molecule has 1 aliphatic rings. The molecule has 0 N–H and O–H groups in total. The van der Waals surface area contributed by atoms with Gasteiger partial charge >= 0.3 is 12.1 Å². The summed E-state index contributed by atoms with van der Waals surface area (Å²) in [6.07, 6.45) is 12.7. The van der Waals surface area contributed by atoms with Crippen LogP contribution in [0.3, 0.4) is 0 Å². The fraction of sp³-hybridized carbons (Fsp3) is 0.500. The zero-order valence-corrected chi connectivity index (χ0v) is 20.9. The maximum atomic E-state index is 13.1. The second kappa shape index (κ2) is 12.4. The van der Waals surface area contributed by atoms with Crippen molar-refractivity contribution in [3.63, 3.8) is 0 Å². The van der Waals surface area contributed by atoms with E-state index < -0.39 is 23.7 Å². The molecule has 0 saturated carbocycles. The van der Waals surface area contributed by atoms with Crippen molar-refractivity contribution >= 4 is 12.1 Å². The van der Waals surface area contributed by atoms with Crippen LogP contribution in [0.5, 0.6) is 0 Å². The van der Waals surface area contributed by atoms with Gasteiger partial charge in [-0.15, -0.1) is 0 Å². The van der Waals surface area contributed by atoms with Gasteiger partial charge in [-0.05, 0) is 56.6 Å². The SMILES string of the molecule is CC/C=C\[C@H](C)C1C=C(C[C@@H](C(=O)OCc2ccccc2)N(C)C(=O)OC(C)(C)C)C=CC1. The highest BCUT2D eigenvalue weighted by Crippen LogP contribution is 2.28. The van der Waals surface area contributed by atoms with Crippen LogP contribution in [0, 0.1) is 11.8 Å². The van der Waals surface area contributed by atoms with Crippen LogP contribution >= 0.6 is 0 Å². The second-order valence-corrected chi connectivity index (χ2v) is 9.64. The second-order valence-electron chi connectivity index (χ2n) is 9.64. The molecule has 5 heteroatoms. The van der Waals surface area contributed by atoms with Crippen molar-refractivity contribution in [3.05, 3.63) is 71.8 Å². The minimum Gasteiger partial charge on any atom is -0.459 e. The minimum absolute atomic E-state index is 0.161. The molecule has 0 heterocycles. The summed E-state index contributed by atoms with van der Waals surface area (Å²) in [5.74, 6) is 0.320. The molecule has 180 valence electrons. The van der Waals surface area contributed by atoms with Gasteiger partial charge in [0.25, 0.3) is 0 Å². The Hall–Kier alpha value is -2.82. The first-order valence-electron chi connectivity index (χ1n) is 11.8. The van der Waals surface area contributed by atoms with Crippen molar-refractivity contribution < 1.29 is 19.1 Å². The third-order valence-electron chi connectivity index (χ3n) is 5.59. The van der Waals surface area contributed by atoms with Crippen LogP contribution in [-0.4, -0.2) is 35.7 Å². The van der Waals surface area contributed by atoms with Crippen molar-refractivity contribution in [3.8, 4) is 0 Å². The van der Waals surface area contributed by atoms with Crippen molar-refractivity contribution in [1.29, 1.82) is 0 Å². The Kier molecular flexibility index (Phi) is 9.95. The zero-order valence-electron chi connectivity index (χ0n) is 20.9. The summed E-state index contributed by atoms with van der Waals surface area (Å²) in [7, 11) is 1.60. The molecule has 1 aromatic carbocycles. The minimum atomic E-state index is -0.778. The molecule has 0 saturated heterocycles. The van der Waals surface area contributed by atoms with E-state index in [-0.39, 0.29) is 6.61 Å². The van der Waals surface area contributed by atoms with Gasteiger partial charge in [0.15, 0.2) is 0 Å². The Morgan fingerprint density at radius 3 is 2.55 bits per heavy atom. The summed E-state index contributed by atoms with van der Waals surface area (Å²) in [6.45, 7) is 9.93. The molecule has 5 nitrogen and oxygen atoms in total. The highest BCUT2D eigenvalue weighted by molar-refractivity contribution is 5.82. The molecular formula is C28H39NO4. The summed E-state index contributed by atoms with van der Waals surface area (Å²) in [5, 5.41) is 0. The number of likely N-dealkylation sites (N-methyl/N-ethyl adjacent to an activating group) is 1. The monoisotopic (exact) mass is 453 g/mol. The van der Waals surface area contributed by atoms with Crippen LogP contribution in [0.2, 0.25) is 0 Å². The van der Waals surface area contributed by atoms with E-state index >= 15 is 0 Å². The average Bonchev–Trinajstić information content (AvgIpc) is 2.78. The topological polar surface area (TPSA) is 55.8 Å². The van der Waals surface area contributed by atoms with Crippen LogP contribution in [0.4, 0.5) is 4.79 Å². The van der Waals surface area contributed by atoms with Crippen molar-refractivity contribution in [2.75, 3.05) is 7.05 Å². The summed E-state index contributed by atoms with van der Waals surface area (Å²) < 4.78 is 11.1. The van der Waals surface area contributed by atoms with Gasteiger partial charge in [0.05, 0.1) is 0 Å². The number of rotatable bonds is 9. The summed E-state index contributed by atoms with van der Waals surface area (Å²) in [4.78, 5) is 27.2. The van der Waals surface area contributed by atoms with Crippen LogP contribution in [0.15, 0.2) is 66.3 Å². The molecule has 1 unspecified atom stereocenters. The molecule has 1 aliphatic carbocycles. The predicted octanol–water partition coefficient (Wildman–Crippen LogP) is 6.46. The van der Waals surface area contributed by atoms with Gasteiger partial charge in [0, 0.05) is 13.5 Å². The lowest BCUT2D eigenvalue weighted by atomic mass is 9.84. The first kappa shape index (κ1) is 26.4. The van der Waals surface area contributed by atoms with Crippen LogP contribution in [0.25, 0.3) is 0 Å². The van der Waals surface area contributed by atoms with Gasteiger partial charge < -0.3 is 9.47 Å². The van der Waals surface area contributed by atoms with E-state index in [1.54, 1.807) is 7.05 Å². The van der Waals surface area contributed by atoms with Crippen molar-refractivity contribution in [2.24, 2.45) is 11.8 Å². The van der Waals surface area contributed by atoms with Gasteiger partial charge in [-0.2, -0.15) is 0 Å². The van der Waals surface area contributed by atoms with Gasteiger partial charge in [-0.25, -0.2) is 9.59 Å². The molecule has 33 heavy (non-hydrogen) atoms. The quantitative estimate of drug-likeness (QED) is 0.318. The molecule has 0 fully saturated rings. The molecule has 0 aliphatic heterocycles. The third-order valence-corrected chi connectivity index (χ3v) is 5.59. The number of ether oxygens (including phenoxy) is 2. The number of hydrogen-bond donors (Lipinski definition) is 0. The molecule has 2 rings (SSSR count). The van der Waals surface area contributed by atoms with E-state index in [1.807, 2.05) is 57.2 Å². The molecule has 1 amide bonds. The Morgan fingerprint density at radius 1 is 1.21 bits per heavy atom. The predicted molar refractivity (Wildman–Crippen MR) is 133 cm³/mol. The van der Waals surface area contributed by atoms with E-state index in [2.05, 4.69) is 38.2 Å². The fourth-order valence-corrected chi connectivity index (χ4v) is 3.66. The third kappa shape index (κ3) is 8.91. The Morgan fingerprint density at radius 2 is 1.91 bits per heavy atom. The number of esters is 1. The largest absolute Gasteiger partial charge is 0.459 e. The number of carbonyl (C=O) groups is 2. The van der Waals surface area contributed by atoms with Crippen LogP contribution in [0.1, 0.15) is 59.4 Å². The fourth-order valence-electron chi connectivity index (χ4n) is 3.66. The number of carbonyl (C=O) groups excluding carboxylic acids is 2. The first-order chi connectivity index (χ1) is 15.6. The lowest BCUT2D eigenvalue weighted by Gasteiger charge is -2.30. The Balaban J connectivity index is 2.19. The number of amides is 1. The van der Waals surface area contributed by atoms with Gasteiger partial charge in [-0.3, -0.25) is 4.90 Å². The first-order valence-corrected chi connectivity index (χ1v) is 11.8. The van der Waals surface area contributed by atoms with Crippen molar-refractivity contribution in [2.45, 2.75) is 72.1 Å². The van der Waals surface area contributed by atoms with Gasteiger partial charge in [-0.1, -0.05) is 74.6 Å². The maximum Gasteiger partial charge on any atom is 0.410 e. The van der Waals surface area contributed by atoms with E-state index in [0.29, 0.717) is 18.3 Å². The Bertz CT molecular complexity index is 864. The standard InChI is InChI=1S/C28H39NO4/c1-7-8-13-21(2)24-17-12-16-23(18-24)19-25(29(6)27(31)33-28(3,4)5)26(30)32-20-22-14-10-9-11-15-22/h8-16,18,21,24-25H,7,17,19-20H2,1-6H3/b13-8-/t21-,24?,25-/m0/s1. The van der Waals surface area contributed by atoms with Crippen molar-refractivity contribution in [1.82, 2.24) is 4.90 Å². The molecule has 0 radical (unpaired) electrons. The number of allylic oxidation sites excluding steroid dienone is 5. The smallest absolute Gasteiger partial charge is 0.410 e. The van der Waals surface area contributed by atoms with Crippen LogP contribution in [-0.2, 0) is 20.9 Å². The molecule has 3 atom stereocenters. The zero-order chi connectivity index (χ0) is 24.4. The summed E-state index contributed by atoms with van der Waals surface area (Å²) in [5.41, 5.74) is 1.28. The lowest BCUT2D eigenvalue weighted by Crippen LogP contribution is -2.45. The van der Waals surface area contributed by atoms with E-state index in [4.69, 9.17) is 9.47 Å². The molecule has 0 bridgehead atoms. The van der Waals surface area contributed by atoms with Gasteiger partial charge in [0.1, 0.15) is 18.2 Å². The average molecular weight is 454 g/mol. The highest BCUT2D eigenvalue weighted by Gasteiger charge is 2.32. The van der Waals surface area contributed by atoms with E-state index in [0.717, 1.165) is 24.0 Å². The number of hydrogen-bond acceptors (Lipinski definition) is 4. The number of nitrogens with zero attached hydrogens (tertiary/aromatic N) is 1. The van der Waals surface area contributed by atoms with E-state index in [9.17, 15) is 9.59 Å². The molecule has 0 aromatic heterocycles. The maximum absolute atomic E-state index is 13.1. The molecule has 0 spiro atoms. The van der Waals surface area contributed by atoms with E-state index in [1.165, 1.54) is 4.90 Å². The van der Waals surface area contributed by atoms with Crippen LogP contribution < -0.4 is 0 Å². The number of benzene rings is 1. The summed E-state index contributed by atoms with van der Waals surface area (Å²) >= 11 is 0. The molecular weight excluding hydrogens is 414 g/mol.